The standard InChI is InChI=1S/C20H17Cl2NO3/c1-2-3-11-25-14-9-7-13(8-10-14)12-17-20(24)26-19(23-17)15-5-4-6-16(21)18(15)22/h4-10,12H,2-3,11H2,1H3. The average Bonchev–Trinajstić information content (AvgIpc) is 2.99. The monoisotopic (exact) mass is 389 g/mol. The molecule has 4 nitrogen and oxygen atoms in total. The Labute approximate surface area is 162 Å². The van der Waals surface area contributed by atoms with E-state index in [-0.39, 0.29) is 11.6 Å². The summed E-state index contributed by atoms with van der Waals surface area (Å²) in [5, 5.41) is 0.676. The number of aliphatic imine (C=N–C) groups is 1. The number of benzene rings is 2. The maximum absolute atomic E-state index is 12.1. The van der Waals surface area contributed by atoms with Crippen molar-refractivity contribution in [3.8, 4) is 5.75 Å². The molecular weight excluding hydrogens is 373 g/mol. The first kappa shape index (κ1) is 18.5. The van der Waals surface area contributed by atoms with Crippen molar-refractivity contribution >= 4 is 41.1 Å². The molecule has 0 aromatic heterocycles. The molecule has 2 aromatic carbocycles. The molecule has 0 unspecified atom stereocenters. The van der Waals surface area contributed by atoms with E-state index in [1.807, 2.05) is 24.3 Å². The summed E-state index contributed by atoms with van der Waals surface area (Å²) < 4.78 is 10.9. The predicted octanol–water partition coefficient (Wildman–Crippen LogP) is 5.52. The number of rotatable bonds is 6. The first-order chi connectivity index (χ1) is 12.6. The van der Waals surface area contributed by atoms with Gasteiger partial charge in [-0.3, -0.25) is 0 Å². The number of hydrogen-bond acceptors (Lipinski definition) is 4. The smallest absolute Gasteiger partial charge is 0.363 e. The van der Waals surface area contributed by atoms with Crippen LogP contribution in [0.15, 0.2) is 53.2 Å². The van der Waals surface area contributed by atoms with Crippen molar-refractivity contribution in [2.24, 2.45) is 4.99 Å². The number of esters is 1. The van der Waals surface area contributed by atoms with Crippen molar-refractivity contribution < 1.29 is 14.3 Å². The van der Waals surface area contributed by atoms with Crippen LogP contribution in [0.3, 0.4) is 0 Å². The zero-order chi connectivity index (χ0) is 18.5. The van der Waals surface area contributed by atoms with Gasteiger partial charge >= 0.3 is 5.97 Å². The molecule has 0 bridgehead atoms. The van der Waals surface area contributed by atoms with Gasteiger partial charge in [-0.15, -0.1) is 0 Å². The van der Waals surface area contributed by atoms with Gasteiger partial charge in [-0.05, 0) is 42.3 Å². The third kappa shape index (κ3) is 4.26. The first-order valence-electron chi connectivity index (χ1n) is 8.28. The summed E-state index contributed by atoms with van der Waals surface area (Å²) in [6.45, 7) is 2.81. The maximum atomic E-state index is 12.1. The quantitative estimate of drug-likeness (QED) is 0.371. The number of ether oxygens (including phenoxy) is 2. The van der Waals surface area contributed by atoms with Crippen molar-refractivity contribution in [1.29, 1.82) is 0 Å². The number of unbranched alkanes of at least 4 members (excludes halogenated alkanes) is 1. The lowest BCUT2D eigenvalue weighted by Gasteiger charge is -2.05. The van der Waals surface area contributed by atoms with Gasteiger partial charge in [0.1, 0.15) is 5.75 Å². The second kappa shape index (κ2) is 8.39. The van der Waals surface area contributed by atoms with Crippen LogP contribution in [-0.4, -0.2) is 18.5 Å². The van der Waals surface area contributed by atoms with Crippen LogP contribution in [0.25, 0.3) is 6.08 Å². The highest BCUT2D eigenvalue weighted by Crippen LogP contribution is 2.29. The topological polar surface area (TPSA) is 47.9 Å². The Morgan fingerprint density at radius 2 is 1.92 bits per heavy atom. The summed E-state index contributed by atoms with van der Waals surface area (Å²) in [7, 11) is 0. The third-order valence-electron chi connectivity index (χ3n) is 3.75. The Kier molecular flexibility index (Phi) is 5.96. The van der Waals surface area contributed by atoms with E-state index < -0.39 is 5.97 Å². The summed E-state index contributed by atoms with van der Waals surface area (Å²) in [5.41, 5.74) is 1.51. The fourth-order valence-corrected chi connectivity index (χ4v) is 2.73. The fourth-order valence-electron chi connectivity index (χ4n) is 2.35. The highest BCUT2D eigenvalue weighted by molar-refractivity contribution is 6.44. The van der Waals surface area contributed by atoms with Gasteiger partial charge in [-0.2, -0.15) is 0 Å². The van der Waals surface area contributed by atoms with Gasteiger partial charge in [0, 0.05) is 0 Å². The second-order valence-electron chi connectivity index (χ2n) is 5.71. The first-order valence-corrected chi connectivity index (χ1v) is 9.04. The Bertz CT molecular complexity index is 873. The summed E-state index contributed by atoms with van der Waals surface area (Å²) in [4.78, 5) is 16.3. The number of halogens is 2. The number of hydrogen-bond donors (Lipinski definition) is 0. The van der Waals surface area contributed by atoms with Crippen LogP contribution in [0.1, 0.15) is 30.9 Å². The molecule has 0 saturated carbocycles. The molecule has 2 aromatic rings. The van der Waals surface area contributed by atoms with Crippen LogP contribution in [0.4, 0.5) is 0 Å². The SMILES string of the molecule is CCCCOc1ccc(C=C2N=C(c3cccc(Cl)c3Cl)OC2=O)cc1. The Morgan fingerprint density at radius 1 is 1.15 bits per heavy atom. The van der Waals surface area contributed by atoms with Gasteiger partial charge in [-0.25, -0.2) is 9.79 Å². The lowest BCUT2D eigenvalue weighted by atomic mass is 10.2. The van der Waals surface area contributed by atoms with E-state index in [4.69, 9.17) is 32.7 Å². The van der Waals surface area contributed by atoms with E-state index in [0.29, 0.717) is 22.2 Å². The molecule has 1 aliphatic heterocycles. The van der Waals surface area contributed by atoms with Crippen molar-refractivity contribution in [2.75, 3.05) is 6.61 Å². The minimum absolute atomic E-state index is 0.147. The van der Waals surface area contributed by atoms with Gasteiger partial charge in [0.15, 0.2) is 5.70 Å². The van der Waals surface area contributed by atoms with Gasteiger partial charge in [0.2, 0.25) is 5.90 Å². The Hall–Kier alpha value is -2.30. The predicted molar refractivity (Wildman–Crippen MR) is 104 cm³/mol. The second-order valence-corrected chi connectivity index (χ2v) is 6.49. The van der Waals surface area contributed by atoms with Crippen molar-refractivity contribution in [3.63, 3.8) is 0 Å². The van der Waals surface area contributed by atoms with E-state index in [0.717, 1.165) is 24.2 Å². The molecule has 1 heterocycles. The van der Waals surface area contributed by atoms with Crippen molar-refractivity contribution in [1.82, 2.24) is 0 Å². The molecule has 0 N–H and O–H groups in total. The van der Waals surface area contributed by atoms with Gasteiger partial charge < -0.3 is 9.47 Å². The molecule has 0 saturated heterocycles. The van der Waals surface area contributed by atoms with E-state index in [1.54, 1.807) is 24.3 Å². The molecule has 26 heavy (non-hydrogen) atoms. The van der Waals surface area contributed by atoms with Gasteiger partial charge in [-0.1, -0.05) is 54.7 Å². The fraction of sp³-hybridized carbons (Fsp3) is 0.200. The Morgan fingerprint density at radius 3 is 2.65 bits per heavy atom. The molecule has 1 aliphatic rings. The minimum atomic E-state index is -0.528. The molecule has 6 heteroatoms. The molecule has 134 valence electrons. The van der Waals surface area contributed by atoms with Gasteiger partial charge in [0.05, 0.1) is 22.2 Å². The Balaban J connectivity index is 1.79. The number of nitrogens with zero attached hydrogens (tertiary/aromatic N) is 1. The molecule has 0 radical (unpaired) electrons. The lowest BCUT2D eigenvalue weighted by molar-refractivity contribution is -0.129. The summed E-state index contributed by atoms with van der Waals surface area (Å²) >= 11 is 12.2. The zero-order valence-corrected chi connectivity index (χ0v) is 15.7. The van der Waals surface area contributed by atoms with E-state index in [2.05, 4.69) is 11.9 Å². The largest absolute Gasteiger partial charge is 0.494 e. The molecule has 0 fully saturated rings. The molecule has 3 rings (SSSR count). The number of carbonyl (C=O) groups is 1. The highest BCUT2D eigenvalue weighted by Gasteiger charge is 2.26. The maximum Gasteiger partial charge on any atom is 0.363 e. The highest BCUT2D eigenvalue weighted by atomic mass is 35.5. The normalized spacial score (nSPS) is 15.1. The van der Waals surface area contributed by atoms with Crippen LogP contribution >= 0.6 is 23.2 Å². The van der Waals surface area contributed by atoms with Crippen LogP contribution < -0.4 is 4.74 Å². The lowest BCUT2D eigenvalue weighted by Crippen LogP contribution is -2.06. The van der Waals surface area contributed by atoms with E-state index in [1.165, 1.54) is 0 Å². The van der Waals surface area contributed by atoms with Crippen LogP contribution in [0.2, 0.25) is 10.0 Å². The van der Waals surface area contributed by atoms with Crippen LogP contribution in [0, 0.1) is 0 Å². The summed E-state index contributed by atoms with van der Waals surface area (Å²) in [5.74, 6) is 0.414. The summed E-state index contributed by atoms with van der Waals surface area (Å²) in [6.07, 6.45) is 3.76. The van der Waals surface area contributed by atoms with Crippen LogP contribution in [0.5, 0.6) is 5.75 Å². The van der Waals surface area contributed by atoms with E-state index in [9.17, 15) is 4.79 Å². The molecular formula is C20H17Cl2NO3. The molecule has 0 amide bonds. The number of cyclic esters (lactones) is 1. The summed E-state index contributed by atoms with van der Waals surface area (Å²) in [6, 6.07) is 12.5. The molecule has 0 aliphatic carbocycles. The van der Waals surface area contributed by atoms with E-state index >= 15 is 0 Å². The zero-order valence-electron chi connectivity index (χ0n) is 14.2. The molecule has 0 spiro atoms. The minimum Gasteiger partial charge on any atom is -0.494 e. The van der Waals surface area contributed by atoms with Crippen molar-refractivity contribution in [2.45, 2.75) is 19.8 Å². The third-order valence-corrected chi connectivity index (χ3v) is 4.57. The molecule has 0 atom stereocenters. The van der Waals surface area contributed by atoms with Gasteiger partial charge in [0.25, 0.3) is 0 Å². The van der Waals surface area contributed by atoms with Crippen LogP contribution in [-0.2, 0) is 9.53 Å². The average molecular weight is 390 g/mol. The van der Waals surface area contributed by atoms with Crippen molar-refractivity contribution in [3.05, 3.63) is 69.3 Å². The number of carbonyl (C=O) groups excluding carboxylic acids is 1.